The van der Waals surface area contributed by atoms with Gasteiger partial charge in [-0.25, -0.2) is 4.79 Å². The zero-order chi connectivity index (χ0) is 17.7. The molecule has 1 saturated carbocycles. The van der Waals surface area contributed by atoms with Crippen molar-refractivity contribution in [3.8, 4) is 0 Å². The van der Waals surface area contributed by atoms with Crippen molar-refractivity contribution in [2.24, 2.45) is 5.92 Å². The van der Waals surface area contributed by atoms with E-state index in [2.05, 4.69) is 0 Å². The van der Waals surface area contributed by atoms with Gasteiger partial charge < -0.3 is 19.1 Å². The van der Waals surface area contributed by atoms with E-state index >= 15 is 0 Å². The molecule has 24 heavy (non-hydrogen) atoms. The van der Waals surface area contributed by atoms with Gasteiger partial charge in [0.1, 0.15) is 5.60 Å². The second-order valence-corrected chi connectivity index (χ2v) is 7.80. The number of likely N-dealkylation sites (tertiary alicyclic amines) is 1. The highest BCUT2D eigenvalue weighted by Crippen LogP contribution is 2.28. The zero-order valence-electron chi connectivity index (χ0n) is 15.4. The summed E-state index contributed by atoms with van der Waals surface area (Å²) in [7, 11) is 1.44. The molecule has 2 rings (SSSR count). The first kappa shape index (κ1) is 19.0. The molecule has 0 radical (unpaired) electrons. The minimum absolute atomic E-state index is 0.0135. The Morgan fingerprint density at radius 1 is 1.08 bits per heavy atom. The van der Waals surface area contributed by atoms with Gasteiger partial charge >= 0.3 is 12.1 Å². The van der Waals surface area contributed by atoms with Gasteiger partial charge in [-0.15, -0.1) is 0 Å². The lowest BCUT2D eigenvalue weighted by Crippen LogP contribution is -2.42. The zero-order valence-corrected chi connectivity index (χ0v) is 15.4. The molecule has 1 heterocycles. The van der Waals surface area contributed by atoms with Gasteiger partial charge in [0.2, 0.25) is 0 Å². The average molecular weight is 341 g/mol. The molecule has 1 atom stereocenters. The van der Waals surface area contributed by atoms with Crippen LogP contribution in [0.4, 0.5) is 4.79 Å². The third-order valence-electron chi connectivity index (χ3n) is 4.74. The molecule has 0 unspecified atom stereocenters. The topological polar surface area (TPSA) is 65.1 Å². The smallest absolute Gasteiger partial charge is 0.410 e. The standard InChI is InChI=1S/C18H31NO5/c1-18(2,3)24-17(21)19-11-5-6-14(19)12-23-15-9-7-13(8-10-15)16(20)22-4/h13-15H,5-12H2,1-4H3/t13?,14-,15?/m0/s1. The van der Waals surface area contributed by atoms with Crippen LogP contribution in [0.25, 0.3) is 0 Å². The van der Waals surface area contributed by atoms with Crippen LogP contribution in [0, 0.1) is 5.92 Å². The highest BCUT2D eigenvalue weighted by molar-refractivity contribution is 5.72. The van der Waals surface area contributed by atoms with Gasteiger partial charge in [-0.05, 0) is 59.3 Å². The molecule has 0 N–H and O–H groups in total. The summed E-state index contributed by atoms with van der Waals surface area (Å²) >= 11 is 0. The molecule has 138 valence electrons. The van der Waals surface area contributed by atoms with E-state index in [0.717, 1.165) is 45.1 Å². The fourth-order valence-electron chi connectivity index (χ4n) is 3.45. The number of amides is 1. The van der Waals surface area contributed by atoms with Crippen LogP contribution in [0.15, 0.2) is 0 Å². The average Bonchev–Trinajstić information content (AvgIpc) is 2.99. The predicted molar refractivity (Wildman–Crippen MR) is 89.7 cm³/mol. The Balaban J connectivity index is 1.75. The maximum Gasteiger partial charge on any atom is 0.410 e. The van der Waals surface area contributed by atoms with E-state index in [4.69, 9.17) is 14.2 Å². The Morgan fingerprint density at radius 2 is 1.75 bits per heavy atom. The van der Waals surface area contributed by atoms with E-state index in [1.807, 2.05) is 20.8 Å². The highest BCUT2D eigenvalue weighted by Gasteiger charge is 2.33. The van der Waals surface area contributed by atoms with Crippen molar-refractivity contribution in [2.75, 3.05) is 20.3 Å². The van der Waals surface area contributed by atoms with Gasteiger partial charge in [0.05, 0.1) is 31.8 Å². The summed E-state index contributed by atoms with van der Waals surface area (Å²) in [5.41, 5.74) is -0.475. The Hall–Kier alpha value is -1.30. The molecule has 6 heteroatoms. The van der Waals surface area contributed by atoms with E-state index in [1.165, 1.54) is 7.11 Å². The number of hydrogen-bond donors (Lipinski definition) is 0. The lowest BCUT2D eigenvalue weighted by molar-refractivity contribution is -0.147. The summed E-state index contributed by atoms with van der Waals surface area (Å²) in [6, 6.07) is 0.0955. The molecule has 1 aliphatic heterocycles. The van der Waals surface area contributed by atoms with Crippen molar-refractivity contribution in [3.05, 3.63) is 0 Å². The van der Waals surface area contributed by atoms with Crippen LogP contribution in [-0.2, 0) is 19.0 Å². The fraction of sp³-hybridized carbons (Fsp3) is 0.889. The van der Waals surface area contributed by atoms with E-state index in [-0.39, 0.29) is 30.1 Å². The first-order chi connectivity index (χ1) is 11.3. The van der Waals surface area contributed by atoms with Crippen molar-refractivity contribution in [2.45, 2.75) is 77.0 Å². The first-order valence-electron chi connectivity index (χ1n) is 8.99. The molecule has 0 spiro atoms. The van der Waals surface area contributed by atoms with Crippen LogP contribution in [0.5, 0.6) is 0 Å². The number of ether oxygens (including phenoxy) is 3. The Morgan fingerprint density at radius 3 is 2.33 bits per heavy atom. The van der Waals surface area contributed by atoms with Crippen molar-refractivity contribution in [3.63, 3.8) is 0 Å². The van der Waals surface area contributed by atoms with Gasteiger partial charge in [-0.2, -0.15) is 0 Å². The maximum atomic E-state index is 12.3. The van der Waals surface area contributed by atoms with Crippen molar-refractivity contribution in [1.29, 1.82) is 0 Å². The summed E-state index contributed by atoms with van der Waals surface area (Å²) in [6.07, 6.45) is 5.25. The monoisotopic (exact) mass is 341 g/mol. The second-order valence-electron chi connectivity index (χ2n) is 7.80. The molecule has 2 aliphatic rings. The number of rotatable bonds is 4. The van der Waals surface area contributed by atoms with Crippen LogP contribution in [0.1, 0.15) is 59.3 Å². The van der Waals surface area contributed by atoms with Crippen molar-refractivity contribution >= 4 is 12.1 Å². The number of methoxy groups -OCH3 is 1. The molecule has 2 fully saturated rings. The number of carbonyl (C=O) groups is 2. The van der Waals surface area contributed by atoms with Crippen LogP contribution >= 0.6 is 0 Å². The van der Waals surface area contributed by atoms with Gasteiger partial charge in [-0.1, -0.05) is 0 Å². The van der Waals surface area contributed by atoms with E-state index in [1.54, 1.807) is 4.90 Å². The minimum atomic E-state index is -0.475. The quantitative estimate of drug-likeness (QED) is 0.735. The summed E-state index contributed by atoms with van der Waals surface area (Å²) in [4.78, 5) is 25.6. The molecule has 0 aromatic rings. The summed E-state index contributed by atoms with van der Waals surface area (Å²) in [5, 5.41) is 0. The first-order valence-corrected chi connectivity index (χ1v) is 8.99. The molecular weight excluding hydrogens is 310 g/mol. The summed E-state index contributed by atoms with van der Waals surface area (Å²) in [6.45, 7) is 6.93. The SMILES string of the molecule is COC(=O)C1CCC(OC[C@@H]2CCCN2C(=O)OC(C)(C)C)CC1. The Labute approximate surface area is 144 Å². The van der Waals surface area contributed by atoms with Gasteiger partial charge in [0, 0.05) is 6.54 Å². The number of hydrogen-bond acceptors (Lipinski definition) is 5. The second kappa shape index (κ2) is 8.19. The van der Waals surface area contributed by atoms with Gasteiger partial charge in [-0.3, -0.25) is 4.79 Å². The van der Waals surface area contributed by atoms with E-state index in [9.17, 15) is 9.59 Å². The molecule has 1 amide bonds. The largest absolute Gasteiger partial charge is 0.469 e. The number of esters is 1. The lowest BCUT2D eigenvalue weighted by atomic mass is 9.87. The fourth-order valence-corrected chi connectivity index (χ4v) is 3.45. The molecule has 0 aromatic heterocycles. The Kier molecular flexibility index (Phi) is 6.49. The van der Waals surface area contributed by atoms with Crippen molar-refractivity contribution in [1.82, 2.24) is 4.90 Å². The number of nitrogens with zero attached hydrogens (tertiary/aromatic N) is 1. The van der Waals surface area contributed by atoms with Crippen LogP contribution in [-0.4, -0.2) is 55.0 Å². The molecule has 1 aliphatic carbocycles. The minimum Gasteiger partial charge on any atom is -0.469 e. The number of carbonyl (C=O) groups excluding carboxylic acids is 2. The predicted octanol–water partition coefficient (Wildman–Crippen LogP) is 3.13. The molecule has 0 bridgehead atoms. The van der Waals surface area contributed by atoms with Gasteiger partial charge in [0.15, 0.2) is 0 Å². The van der Waals surface area contributed by atoms with E-state index in [0.29, 0.717) is 6.61 Å². The summed E-state index contributed by atoms with van der Waals surface area (Å²) in [5.74, 6) is -0.0973. The normalized spacial score (nSPS) is 27.8. The third-order valence-corrected chi connectivity index (χ3v) is 4.74. The van der Waals surface area contributed by atoms with Crippen LogP contribution in [0.2, 0.25) is 0 Å². The van der Waals surface area contributed by atoms with Gasteiger partial charge in [0.25, 0.3) is 0 Å². The van der Waals surface area contributed by atoms with Crippen molar-refractivity contribution < 1.29 is 23.8 Å². The molecular formula is C18H31NO5. The molecule has 0 aromatic carbocycles. The highest BCUT2D eigenvalue weighted by atomic mass is 16.6. The van der Waals surface area contributed by atoms with Crippen LogP contribution < -0.4 is 0 Å². The summed E-state index contributed by atoms with van der Waals surface area (Å²) < 4.78 is 16.3. The molecule has 1 saturated heterocycles. The van der Waals surface area contributed by atoms with Crippen LogP contribution in [0.3, 0.4) is 0 Å². The lowest BCUT2D eigenvalue weighted by Gasteiger charge is -2.31. The Bertz CT molecular complexity index is 437. The molecule has 6 nitrogen and oxygen atoms in total. The third kappa shape index (κ3) is 5.36. The van der Waals surface area contributed by atoms with E-state index < -0.39 is 5.60 Å². The maximum absolute atomic E-state index is 12.3.